The predicted molar refractivity (Wildman–Crippen MR) is 53.7 cm³/mol. The number of hydrogen-bond donors (Lipinski definition) is 3. The third kappa shape index (κ3) is 3.80. The monoisotopic (exact) mass is 210 g/mol. The maximum atomic E-state index is 11.4. The highest BCUT2D eigenvalue weighted by Crippen LogP contribution is 1.90. The van der Waals surface area contributed by atoms with Crippen LogP contribution in [0.4, 0.5) is 0 Å². The third-order valence-corrected chi connectivity index (χ3v) is 1.82. The molecule has 0 saturated heterocycles. The maximum absolute atomic E-state index is 11.4. The standard InChI is InChI=1S/C9H14N4O2/c1-6(13-7(2)14)9(15)11-4-8-3-10-5-12-8/h3,5-6H,4H2,1-2H3,(H,10,12)(H,11,15)(H,13,14). The fraction of sp³-hybridized carbons (Fsp3) is 0.444. The summed E-state index contributed by atoms with van der Waals surface area (Å²) in [5.41, 5.74) is 0.818. The number of rotatable bonds is 4. The first-order chi connectivity index (χ1) is 7.09. The molecule has 1 aromatic rings. The molecule has 6 heteroatoms. The van der Waals surface area contributed by atoms with Crippen LogP contribution in [0, 0.1) is 0 Å². The number of nitrogens with one attached hydrogen (secondary N) is 3. The summed E-state index contributed by atoms with van der Waals surface area (Å²) in [6, 6.07) is -0.523. The summed E-state index contributed by atoms with van der Waals surface area (Å²) in [6.07, 6.45) is 3.17. The molecule has 15 heavy (non-hydrogen) atoms. The highest BCUT2D eigenvalue weighted by molar-refractivity contribution is 5.86. The highest BCUT2D eigenvalue weighted by Gasteiger charge is 2.12. The van der Waals surface area contributed by atoms with Crippen molar-refractivity contribution >= 4 is 11.8 Å². The lowest BCUT2D eigenvalue weighted by atomic mass is 10.3. The number of amides is 2. The zero-order chi connectivity index (χ0) is 11.3. The second-order valence-corrected chi connectivity index (χ2v) is 3.22. The Morgan fingerprint density at radius 3 is 2.87 bits per heavy atom. The largest absolute Gasteiger partial charge is 0.349 e. The second-order valence-electron chi connectivity index (χ2n) is 3.22. The minimum atomic E-state index is -0.523. The Morgan fingerprint density at radius 2 is 2.33 bits per heavy atom. The summed E-state index contributed by atoms with van der Waals surface area (Å²) in [5.74, 6) is -0.445. The number of carbonyl (C=O) groups excluding carboxylic acids is 2. The molecule has 0 fully saturated rings. The number of H-pyrrole nitrogens is 1. The van der Waals surface area contributed by atoms with E-state index < -0.39 is 6.04 Å². The molecule has 0 aromatic carbocycles. The van der Waals surface area contributed by atoms with Crippen LogP contribution in [0.5, 0.6) is 0 Å². The van der Waals surface area contributed by atoms with Crippen molar-refractivity contribution in [1.29, 1.82) is 0 Å². The first-order valence-electron chi connectivity index (χ1n) is 4.61. The number of hydrogen-bond acceptors (Lipinski definition) is 3. The first-order valence-corrected chi connectivity index (χ1v) is 4.61. The molecule has 0 aliphatic carbocycles. The molecule has 82 valence electrons. The minimum Gasteiger partial charge on any atom is -0.349 e. The van der Waals surface area contributed by atoms with Gasteiger partial charge in [0.2, 0.25) is 11.8 Å². The summed E-state index contributed by atoms with van der Waals surface area (Å²) in [5, 5.41) is 5.16. The molecule has 0 bridgehead atoms. The van der Waals surface area contributed by atoms with E-state index in [2.05, 4.69) is 20.6 Å². The molecule has 1 aromatic heterocycles. The van der Waals surface area contributed by atoms with Gasteiger partial charge in [-0.25, -0.2) is 4.98 Å². The number of carbonyl (C=O) groups is 2. The molecule has 0 radical (unpaired) electrons. The van der Waals surface area contributed by atoms with Gasteiger partial charge < -0.3 is 15.6 Å². The zero-order valence-corrected chi connectivity index (χ0v) is 8.70. The van der Waals surface area contributed by atoms with E-state index in [4.69, 9.17) is 0 Å². The van der Waals surface area contributed by atoms with Crippen LogP contribution in [0.25, 0.3) is 0 Å². The van der Waals surface area contributed by atoms with Crippen molar-refractivity contribution in [2.24, 2.45) is 0 Å². The van der Waals surface area contributed by atoms with Crippen LogP contribution in [0.15, 0.2) is 12.5 Å². The van der Waals surface area contributed by atoms with Crippen LogP contribution >= 0.6 is 0 Å². The zero-order valence-electron chi connectivity index (χ0n) is 8.70. The lowest BCUT2D eigenvalue weighted by Gasteiger charge is -2.11. The summed E-state index contributed by atoms with van der Waals surface area (Å²) in [4.78, 5) is 28.8. The number of aromatic nitrogens is 2. The molecule has 0 spiro atoms. The van der Waals surface area contributed by atoms with E-state index in [1.807, 2.05) is 0 Å². The van der Waals surface area contributed by atoms with E-state index >= 15 is 0 Å². The van der Waals surface area contributed by atoms with Crippen molar-refractivity contribution in [3.8, 4) is 0 Å². The number of imidazole rings is 1. The first kappa shape index (κ1) is 11.2. The van der Waals surface area contributed by atoms with Crippen molar-refractivity contribution in [1.82, 2.24) is 20.6 Å². The molecular formula is C9H14N4O2. The molecule has 1 atom stereocenters. The molecule has 0 aliphatic heterocycles. The van der Waals surface area contributed by atoms with Gasteiger partial charge in [0.15, 0.2) is 0 Å². The summed E-state index contributed by atoms with van der Waals surface area (Å²) < 4.78 is 0. The van der Waals surface area contributed by atoms with Gasteiger partial charge in [-0.2, -0.15) is 0 Å². The second kappa shape index (κ2) is 5.14. The molecule has 3 N–H and O–H groups in total. The van der Waals surface area contributed by atoms with Crippen LogP contribution in [0.1, 0.15) is 19.5 Å². The van der Waals surface area contributed by atoms with Crippen molar-refractivity contribution in [3.63, 3.8) is 0 Å². The van der Waals surface area contributed by atoms with Gasteiger partial charge in [-0.15, -0.1) is 0 Å². The molecule has 1 unspecified atom stereocenters. The molecule has 6 nitrogen and oxygen atoms in total. The van der Waals surface area contributed by atoms with Gasteiger partial charge in [0.05, 0.1) is 18.6 Å². The van der Waals surface area contributed by atoms with Gasteiger partial charge in [-0.1, -0.05) is 0 Å². The average molecular weight is 210 g/mol. The number of nitrogens with zero attached hydrogens (tertiary/aromatic N) is 1. The molecule has 1 heterocycles. The van der Waals surface area contributed by atoms with Crippen molar-refractivity contribution in [3.05, 3.63) is 18.2 Å². The molecule has 0 aliphatic rings. The number of aromatic amines is 1. The van der Waals surface area contributed by atoms with Crippen LogP contribution < -0.4 is 10.6 Å². The quantitative estimate of drug-likeness (QED) is 0.629. The summed E-state index contributed by atoms with van der Waals surface area (Å²) in [6.45, 7) is 3.38. The Bertz CT molecular complexity index is 334. The van der Waals surface area contributed by atoms with E-state index in [0.29, 0.717) is 6.54 Å². The fourth-order valence-electron chi connectivity index (χ4n) is 1.09. The Hall–Kier alpha value is -1.85. The SMILES string of the molecule is CC(=O)NC(C)C(=O)NCc1cnc[nH]1. The third-order valence-electron chi connectivity index (χ3n) is 1.82. The lowest BCUT2D eigenvalue weighted by molar-refractivity contribution is -0.127. The van der Waals surface area contributed by atoms with Crippen LogP contribution in [-0.2, 0) is 16.1 Å². The van der Waals surface area contributed by atoms with Crippen LogP contribution in [0.3, 0.4) is 0 Å². The lowest BCUT2D eigenvalue weighted by Crippen LogP contribution is -2.43. The van der Waals surface area contributed by atoms with E-state index in [1.54, 1.807) is 19.4 Å². The molecule has 2 amide bonds. The average Bonchev–Trinajstić information content (AvgIpc) is 2.65. The van der Waals surface area contributed by atoms with Gasteiger partial charge in [-0.05, 0) is 6.92 Å². The van der Waals surface area contributed by atoms with E-state index in [-0.39, 0.29) is 11.8 Å². The van der Waals surface area contributed by atoms with Gasteiger partial charge in [0, 0.05) is 13.1 Å². The van der Waals surface area contributed by atoms with Crippen molar-refractivity contribution < 1.29 is 9.59 Å². The smallest absolute Gasteiger partial charge is 0.242 e. The van der Waals surface area contributed by atoms with Gasteiger partial charge in [0.25, 0.3) is 0 Å². The van der Waals surface area contributed by atoms with Crippen molar-refractivity contribution in [2.45, 2.75) is 26.4 Å². The Labute approximate surface area is 87.5 Å². The van der Waals surface area contributed by atoms with Crippen LogP contribution in [-0.4, -0.2) is 27.8 Å². The van der Waals surface area contributed by atoms with Crippen LogP contribution in [0.2, 0.25) is 0 Å². The summed E-state index contributed by atoms with van der Waals surface area (Å²) in [7, 11) is 0. The summed E-state index contributed by atoms with van der Waals surface area (Å²) >= 11 is 0. The van der Waals surface area contributed by atoms with E-state index in [0.717, 1.165) is 5.69 Å². The molecular weight excluding hydrogens is 196 g/mol. The Kier molecular flexibility index (Phi) is 3.84. The van der Waals surface area contributed by atoms with Crippen molar-refractivity contribution in [2.75, 3.05) is 0 Å². The molecule has 0 saturated carbocycles. The highest BCUT2D eigenvalue weighted by atomic mass is 16.2. The van der Waals surface area contributed by atoms with Gasteiger partial charge >= 0.3 is 0 Å². The Morgan fingerprint density at radius 1 is 1.60 bits per heavy atom. The predicted octanol–water partition coefficient (Wildman–Crippen LogP) is -0.449. The topological polar surface area (TPSA) is 86.9 Å². The fourth-order valence-corrected chi connectivity index (χ4v) is 1.09. The molecule has 1 rings (SSSR count). The van der Waals surface area contributed by atoms with E-state index in [9.17, 15) is 9.59 Å². The maximum Gasteiger partial charge on any atom is 0.242 e. The van der Waals surface area contributed by atoms with E-state index in [1.165, 1.54) is 6.92 Å². The normalized spacial score (nSPS) is 11.9. The van der Waals surface area contributed by atoms with Gasteiger partial charge in [-0.3, -0.25) is 9.59 Å². The van der Waals surface area contributed by atoms with Gasteiger partial charge in [0.1, 0.15) is 6.04 Å². The minimum absolute atomic E-state index is 0.222. The Balaban J connectivity index is 2.32.